The molecule has 0 aromatic carbocycles. The number of ether oxygens (including phenoxy) is 1. The highest BCUT2D eigenvalue weighted by Gasteiger charge is 2.08. The zero-order valence-corrected chi connectivity index (χ0v) is 9.15. The Hall–Kier alpha value is -1.14. The van der Waals surface area contributed by atoms with Gasteiger partial charge >= 0.3 is 0 Å². The van der Waals surface area contributed by atoms with Gasteiger partial charge in [-0.2, -0.15) is 0 Å². The van der Waals surface area contributed by atoms with Crippen LogP contribution < -0.4 is 5.73 Å². The van der Waals surface area contributed by atoms with Gasteiger partial charge in [0.2, 0.25) is 0 Å². The van der Waals surface area contributed by atoms with Crippen molar-refractivity contribution in [1.29, 1.82) is 0 Å². The SMILES string of the molecule is COCc1nnc2c(Br)cc(N)cn12. The molecule has 0 bridgehead atoms. The van der Waals surface area contributed by atoms with Gasteiger partial charge in [-0.05, 0) is 22.0 Å². The van der Waals surface area contributed by atoms with Crippen LogP contribution in [0.25, 0.3) is 5.65 Å². The van der Waals surface area contributed by atoms with Gasteiger partial charge in [0.25, 0.3) is 0 Å². The first-order valence-electron chi connectivity index (χ1n) is 4.00. The minimum atomic E-state index is 0.414. The monoisotopic (exact) mass is 256 g/mol. The number of aromatic nitrogens is 3. The normalized spacial score (nSPS) is 11.0. The number of hydrogen-bond acceptors (Lipinski definition) is 4. The second-order valence-corrected chi connectivity index (χ2v) is 3.72. The zero-order valence-electron chi connectivity index (χ0n) is 7.57. The smallest absolute Gasteiger partial charge is 0.175 e. The lowest BCUT2D eigenvalue weighted by Crippen LogP contribution is -1.98. The topological polar surface area (TPSA) is 65.4 Å². The summed E-state index contributed by atoms with van der Waals surface area (Å²) in [5, 5.41) is 8.00. The highest BCUT2D eigenvalue weighted by molar-refractivity contribution is 9.10. The van der Waals surface area contributed by atoms with Crippen molar-refractivity contribution in [3.05, 3.63) is 22.6 Å². The molecule has 74 valence electrons. The molecule has 0 aliphatic rings. The molecule has 14 heavy (non-hydrogen) atoms. The Bertz CT molecular complexity index is 468. The molecule has 2 heterocycles. The van der Waals surface area contributed by atoms with E-state index in [1.165, 1.54) is 0 Å². The number of pyridine rings is 1. The number of rotatable bonds is 2. The van der Waals surface area contributed by atoms with Crippen LogP contribution in [-0.2, 0) is 11.3 Å². The standard InChI is InChI=1S/C8H9BrN4O/c1-14-4-7-11-12-8-6(9)2-5(10)3-13(7)8/h2-3H,4,10H2,1H3. The van der Waals surface area contributed by atoms with E-state index in [4.69, 9.17) is 10.5 Å². The minimum absolute atomic E-state index is 0.414. The predicted molar refractivity (Wildman–Crippen MR) is 55.8 cm³/mol. The van der Waals surface area contributed by atoms with Gasteiger partial charge in [-0.25, -0.2) is 0 Å². The molecule has 0 saturated heterocycles. The van der Waals surface area contributed by atoms with Gasteiger partial charge in [-0.1, -0.05) is 0 Å². The summed E-state index contributed by atoms with van der Waals surface area (Å²) in [5.41, 5.74) is 7.10. The van der Waals surface area contributed by atoms with Gasteiger partial charge in [0.05, 0.1) is 4.47 Å². The Balaban J connectivity index is 2.66. The second-order valence-electron chi connectivity index (χ2n) is 2.86. The van der Waals surface area contributed by atoms with Crippen molar-refractivity contribution in [3.8, 4) is 0 Å². The molecule has 0 unspecified atom stereocenters. The van der Waals surface area contributed by atoms with Gasteiger partial charge in [-0.3, -0.25) is 4.40 Å². The number of nitrogens with two attached hydrogens (primary N) is 1. The van der Waals surface area contributed by atoms with Crippen LogP contribution in [0, 0.1) is 0 Å². The maximum atomic E-state index is 5.70. The summed E-state index contributed by atoms with van der Waals surface area (Å²) in [7, 11) is 1.61. The molecule has 0 radical (unpaired) electrons. The van der Waals surface area contributed by atoms with Crippen molar-refractivity contribution in [2.75, 3.05) is 12.8 Å². The summed E-state index contributed by atoms with van der Waals surface area (Å²) in [4.78, 5) is 0. The Morgan fingerprint density at radius 2 is 2.36 bits per heavy atom. The maximum Gasteiger partial charge on any atom is 0.175 e. The fraction of sp³-hybridized carbons (Fsp3) is 0.250. The number of anilines is 1. The number of nitrogens with zero attached hydrogens (tertiary/aromatic N) is 3. The van der Waals surface area contributed by atoms with E-state index in [-0.39, 0.29) is 0 Å². The molecular weight excluding hydrogens is 248 g/mol. The molecule has 0 fully saturated rings. The van der Waals surface area contributed by atoms with Gasteiger partial charge < -0.3 is 10.5 Å². The summed E-state index contributed by atoms with van der Waals surface area (Å²) in [5.74, 6) is 0.732. The maximum absolute atomic E-state index is 5.70. The van der Waals surface area contributed by atoms with Gasteiger partial charge in [0.15, 0.2) is 11.5 Å². The fourth-order valence-corrected chi connectivity index (χ4v) is 1.78. The Morgan fingerprint density at radius 1 is 1.57 bits per heavy atom. The van der Waals surface area contributed by atoms with E-state index in [0.717, 1.165) is 15.9 Å². The summed E-state index contributed by atoms with van der Waals surface area (Å²) in [6.07, 6.45) is 1.77. The number of fused-ring (bicyclic) bond motifs is 1. The molecule has 0 amide bonds. The molecule has 0 spiro atoms. The highest BCUT2D eigenvalue weighted by Crippen LogP contribution is 2.20. The molecule has 6 heteroatoms. The third-order valence-corrected chi connectivity index (χ3v) is 2.41. The van der Waals surface area contributed by atoms with E-state index in [0.29, 0.717) is 12.3 Å². The summed E-state index contributed by atoms with van der Waals surface area (Å²) >= 11 is 3.37. The first kappa shape index (κ1) is 9.42. The van der Waals surface area contributed by atoms with Gasteiger partial charge in [0, 0.05) is 19.0 Å². The van der Waals surface area contributed by atoms with Crippen LogP contribution in [0.2, 0.25) is 0 Å². The van der Waals surface area contributed by atoms with E-state index in [9.17, 15) is 0 Å². The second kappa shape index (κ2) is 3.55. The number of hydrogen-bond donors (Lipinski definition) is 1. The molecule has 5 nitrogen and oxygen atoms in total. The fourth-order valence-electron chi connectivity index (χ4n) is 1.25. The van der Waals surface area contributed by atoms with Crippen molar-refractivity contribution >= 4 is 27.3 Å². The predicted octanol–water partition coefficient (Wildman–Crippen LogP) is 1.22. The van der Waals surface area contributed by atoms with Crippen molar-refractivity contribution in [2.24, 2.45) is 0 Å². The van der Waals surface area contributed by atoms with Gasteiger partial charge in [-0.15, -0.1) is 10.2 Å². The molecule has 0 aliphatic heterocycles. The first-order valence-corrected chi connectivity index (χ1v) is 4.79. The van der Waals surface area contributed by atoms with E-state index in [2.05, 4.69) is 26.1 Å². The quantitative estimate of drug-likeness (QED) is 0.878. The van der Waals surface area contributed by atoms with Crippen LogP contribution in [0.15, 0.2) is 16.7 Å². The molecule has 2 aromatic rings. The molecule has 0 saturated carbocycles. The molecule has 2 aromatic heterocycles. The van der Waals surface area contributed by atoms with E-state index in [1.807, 2.05) is 4.40 Å². The van der Waals surface area contributed by atoms with Crippen molar-refractivity contribution < 1.29 is 4.74 Å². The molecular formula is C8H9BrN4O. The number of halogens is 1. The van der Waals surface area contributed by atoms with Crippen molar-refractivity contribution in [2.45, 2.75) is 6.61 Å². The third-order valence-electron chi connectivity index (χ3n) is 1.83. The van der Waals surface area contributed by atoms with Crippen LogP contribution >= 0.6 is 15.9 Å². The zero-order chi connectivity index (χ0) is 10.1. The van der Waals surface area contributed by atoms with Crippen LogP contribution in [0.5, 0.6) is 0 Å². The van der Waals surface area contributed by atoms with E-state index < -0.39 is 0 Å². The van der Waals surface area contributed by atoms with Crippen molar-refractivity contribution in [1.82, 2.24) is 14.6 Å². The Morgan fingerprint density at radius 3 is 3.07 bits per heavy atom. The Labute approximate surface area is 89.0 Å². The van der Waals surface area contributed by atoms with E-state index in [1.54, 1.807) is 19.4 Å². The van der Waals surface area contributed by atoms with Crippen LogP contribution in [0.3, 0.4) is 0 Å². The number of nitrogen functional groups attached to an aromatic ring is 1. The third kappa shape index (κ3) is 1.46. The highest BCUT2D eigenvalue weighted by atomic mass is 79.9. The van der Waals surface area contributed by atoms with Gasteiger partial charge in [0.1, 0.15) is 6.61 Å². The first-order chi connectivity index (χ1) is 6.72. The average molecular weight is 257 g/mol. The minimum Gasteiger partial charge on any atom is -0.397 e. The average Bonchev–Trinajstić information content (AvgIpc) is 2.49. The summed E-state index contributed by atoms with van der Waals surface area (Å²) in [6.45, 7) is 0.414. The number of methoxy groups -OCH3 is 1. The van der Waals surface area contributed by atoms with Crippen LogP contribution in [0.1, 0.15) is 5.82 Å². The molecule has 0 aliphatic carbocycles. The summed E-state index contributed by atoms with van der Waals surface area (Å²) in [6, 6.07) is 1.79. The molecule has 2 rings (SSSR count). The molecule has 2 N–H and O–H groups in total. The lowest BCUT2D eigenvalue weighted by molar-refractivity contribution is 0.177. The molecule has 0 atom stereocenters. The van der Waals surface area contributed by atoms with E-state index >= 15 is 0 Å². The van der Waals surface area contributed by atoms with Crippen LogP contribution in [0.4, 0.5) is 5.69 Å². The Kier molecular flexibility index (Phi) is 2.39. The van der Waals surface area contributed by atoms with Crippen molar-refractivity contribution in [3.63, 3.8) is 0 Å². The largest absolute Gasteiger partial charge is 0.397 e. The summed E-state index contributed by atoms with van der Waals surface area (Å²) < 4.78 is 7.63. The lowest BCUT2D eigenvalue weighted by Gasteiger charge is -2.01. The lowest BCUT2D eigenvalue weighted by atomic mass is 10.4. The van der Waals surface area contributed by atoms with Crippen LogP contribution in [-0.4, -0.2) is 21.7 Å².